The molecule has 0 aliphatic carbocycles. The van der Waals surface area contributed by atoms with Crippen molar-refractivity contribution in [1.29, 1.82) is 0 Å². The molecule has 1 aromatic heterocycles. The summed E-state index contributed by atoms with van der Waals surface area (Å²) in [7, 11) is 1.72. The van der Waals surface area contributed by atoms with Crippen LogP contribution in [0.25, 0.3) is 0 Å². The molecule has 0 saturated carbocycles. The molecule has 20 heavy (non-hydrogen) atoms. The van der Waals surface area contributed by atoms with Crippen LogP contribution >= 0.6 is 0 Å². The average Bonchev–Trinajstić information content (AvgIpc) is 2.84. The largest absolute Gasteiger partial charge is 0.339 e. The van der Waals surface area contributed by atoms with Crippen molar-refractivity contribution < 1.29 is 9.59 Å². The Bertz CT molecular complexity index is 497. The summed E-state index contributed by atoms with van der Waals surface area (Å²) in [5, 5.41) is 6.62. The molecule has 0 spiro atoms. The summed E-state index contributed by atoms with van der Waals surface area (Å²) in [6, 6.07) is 0.960. The molecule has 0 aliphatic rings. The molecule has 0 radical (unpaired) electrons. The molecule has 0 aromatic carbocycles. The molecule has 6 heteroatoms. The number of hydrogen-bond acceptors (Lipinski definition) is 3. The highest BCUT2D eigenvalue weighted by molar-refractivity contribution is 5.95. The summed E-state index contributed by atoms with van der Waals surface area (Å²) in [5.74, 6) is -0.558. The van der Waals surface area contributed by atoms with E-state index in [1.54, 1.807) is 43.3 Å². The van der Waals surface area contributed by atoms with Gasteiger partial charge in [-0.2, -0.15) is 5.10 Å². The molecule has 1 unspecified atom stereocenters. The van der Waals surface area contributed by atoms with Crippen LogP contribution in [0.3, 0.4) is 0 Å². The van der Waals surface area contributed by atoms with Crippen LogP contribution in [-0.2, 0) is 11.8 Å². The van der Waals surface area contributed by atoms with Crippen molar-refractivity contribution in [3.05, 3.63) is 43.3 Å². The first-order valence-electron chi connectivity index (χ1n) is 6.30. The molecule has 1 atom stereocenters. The van der Waals surface area contributed by atoms with Gasteiger partial charge < -0.3 is 10.2 Å². The number of amides is 2. The first-order valence-corrected chi connectivity index (χ1v) is 6.30. The van der Waals surface area contributed by atoms with E-state index in [0.717, 1.165) is 0 Å². The molecule has 0 fully saturated rings. The molecular weight excluding hydrogens is 256 g/mol. The van der Waals surface area contributed by atoms with Gasteiger partial charge in [0.1, 0.15) is 11.7 Å². The molecule has 0 saturated heterocycles. The van der Waals surface area contributed by atoms with Gasteiger partial charge in [0.2, 0.25) is 5.91 Å². The summed E-state index contributed by atoms with van der Waals surface area (Å²) in [6.07, 6.45) is 4.94. The van der Waals surface area contributed by atoms with E-state index in [9.17, 15) is 9.59 Å². The fourth-order valence-electron chi connectivity index (χ4n) is 1.71. The fourth-order valence-corrected chi connectivity index (χ4v) is 1.71. The van der Waals surface area contributed by atoms with E-state index in [0.29, 0.717) is 13.1 Å². The maximum absolute atomic E-state index is 12.2. The van der Waals surface area contributed by atoms with Crippen molar-refractivity contribution in [2.24, 2.45) is 7.05 Å². The number of aromatic nitrogens is 2. The van der Waals surface area contributed by atoms with Gasteiger partial charge in [-0.3, -0.25) is 14.3 Å². The van der Waals surface area contributed by atoms with Gasteiger partial charge in [0.15, 0.2) is 0 Å². The number of rotatable bonds is 7. The highest BCUT2D eigenvalue weighted by Crippen LogP contribution is 1.99. The van der Waals surface area contributed by atoms with Crippen LogP contribution in [-0.4, -0.2) is 45.6 Å². The van der Waals surface area contributed by atoms with E-state index >= 15 is 0 Å². The standard InChI is InChI=1S/C14H20N4O2/c1-5-8-18(9-6-2)14(20)11(3)15-13(19)12-7-10-17(4)16-12/h5-7,10-11H,1-2,8-9H2,3-4H3,(H,15,19). The first-order chi connectivity index (χ1) is 9.49. The molecule has 108 valence electrons. The predicted octanol–water partition coefficient (Wildman–Crippen LogP) is 0.739. The van der Waals surface area contributed by atoms with E-state index in [-0.39, 0.29) is 17.5 Å². The fraction of sp³-hybridized carbons (Fsp3) is 0.357. The van der Waals surface area contributed by atoms with Crippen LogP contribution in [0.2, 0.25) is 0 Å². The second-order valence-electron chi connectivity index (χ2n) is 4.39. The zero-order chi connectivity index (χ0) is 15.1. The van der Waals surface area contributed by atoms with Crippen molar-refractivity contribution in [1.82, 2.24) is 20.0 Å². The lowest BCUT2D eigenvalue weighted by Crippen LogP contribution is -2.47. The van der Waals surface area contributed by atoms with E-state index < -0.39 is 6.04 Å². The van der Waals surface area contributed by atoms with Gasteiger partial charge in [-0.05, 0) is 13.0 Å². The third-order valence-electron chi connectivity index (χ3n) is 2.67. The van der Waals surface area contributed by atoms with Crippen LogP contribution < -0.4 is 5.32 Å². The Labute approximate surface area is 118 Å². The van der Waals surface area contributed by atoms with E-state index in [2.05, 4.69) is 23.6 Å². The van der Waals surface area contributed by atoms with Crippen molar-refractivity contribution >= 4 is 11.8 Å². The number of carbonyl (C=O) groups is 2. The van der Waals surface area contributed by atoms with Crippen LogP contribution in [0.5, 0.6) is 0 Å². The molecule has 6 nitrogen and oxygen atoms in total. The first kappa shape index (κ1) is 15.7. The Kier molecular flexibility index (Phi) is 5.71. The Balaban J connectivity index is 2.66. The van der Waals surface area contributed by atoms with Crippen LogP contribution in [0.15, 0.2) is 37.6 Å². The second-order valence-corrected chi connectivity index (χ2v) is 4.39. The van der Waals surface area contributed by atoms with Crippen molar-refractivity contribution in [3.8, 4) is 0 Å². The van der Waals surface area contributed by atoms with Gasteiger partial charge in [0, 0.05) is 26.3 Å². The SMILES string of the molecule is C=CCN(CC=C)C(=O)C(C)NC(=O)c1ccn(C)n1. The molecule has 1 rings (SSSR count). The van der Waals surface area contributed by atoms with Crippen LogP contribution in [0.1, 0.15) is 17.4 Å². The molecule has 2 amide bonds. The minimum Gasteiger partial charge on any atom is -0.339 e. The van der Waals surface area contributed by atoms with Gasteiger partial charge in [-0.25, -0.2) is 0 Å². The summed E-state index contributed by atoms with van der Waals surface area (Å²) in [4.78, 5) is 25.7. The summed E-state index contributed by atoms with van der Waals surface area (Å²) < 4.78 is 1.53. The minimum absolute atomic E-state index is 0.186. The predicted molar refractivity (Wildman–Crippen MR) is 77.1 cm³/mol. The molecule has 0 aliphatic heterocycles. The number of nitrogens with one attached hydrogen (secondary N) is 1. The Morgan fingerprint density at radius 3 is 2.50 bits per heavy atom. The van der Waals surface area contributed by atoms with E-state index in [1.165, 1.54) is 4.68 Å². The molecule has 1 N–H and O–H groups in total. The normalized spacial score (nSPS) is 11.5. The summed E-state index contributed by atoms with van der Waals surface area (Å²) in [5.41, 5.74) is 0.283. The zero-order valence-electron chi connectivity index (χ0n) is 11.9. The molecule has 0 bridgehead atoms. The highest BCUT2D eigenvalue weighted by atomic mass is 16.2. The van der Waals surface area contributed by atoms with Gasteiger partial charge in [-0.1, -0.05) is 12.2 Å². The van der Waals surface area contributed by atoms with E-state index in [1.807, 2.05) is 0 Å². The molecular formula is C14H20N4O2. The minimum atomic E-state index is -0.635. The van der Waals surface area contributed by atoms with Crippen LogP contribution in [0, 0.1) is 0 Å². The smallest absolute Gasteiger partial charge is 0.272 e. The lowest BCUT2D eigenvalue weighted by Gasteiger charge is -2.23. The number of nitrogens with zero attached hydrogens (tertiary/aromatic N) is 3. The van der Waals surface area contributed by atoms with Crippen molar-refractivity contribution in [2.45, 2.75) is 13.0 Å². The monoisotopic (exact) mass is 276 g/mol. The number of hydrogen-bond donors (Lipinski definition) is 1. The Hall–Kier alpha value is -2.37. The third kappa shape index (κ3) is 4.08. The van der Waals surface area contributed by atoms with Gasteiger partial charge in [-0.15, -0.1) is 13.2 Å². The number of aryl methyl sites for hydroxylation is 1. The quantitative estimate of drug-likeness (QED) is 0.747. The maximum atomic E-state index is 12.2. The summed E-state index contributed by atoms with van der Waals surface area (Å²) in [6.45, 7) is 9.68. The second kappa shape index (κ2) is 7.28. The third-order valence-corrected chi connectivity index (χ3v) is 2.67. The summed E-state index contributed by atoms with van der Waals surface area (Å²) >= 11 is 0. The molecule has 1 aromatic rings. The van der Waals surface area contributed by atoms with E-state index in [4.69, 9.17) is 0 Å². The van der Waals surface area contributed by atoms with Gasteiger partial charge >= 0.3 is 0 Å². The van der Waals surface area contributed by atoms with Gasteiger partial charge in [0.05, 0.1) is 0 Å². The Morgan fingerprint density at radius 1 is 1.45 bits per heavy atom. The Morgan fingerprint density at radius 2 is 2.05 bits per heavy atom. The van der Waals surface area contributed by atoms with Crippen LogP contribution in [0.4, 0.5) is 0 Å². The number of carbonyl (C=O) groups excluding carboxylic acids is 2. The maximum Gasteiger partial charge on any atom is 0.272 e. The molecule has 1 heterocycles. The van der Waals surface area contributed by atoms with Crippen molar-refractivity contribution in [3.63, 3.8) is 0 Å². The zero-order valence-corrected chi connectivity index (χ0v) is 11.9. The lowest BCUT2D eigenvalue weighted by molar-refractivity contribution is -0.131. The van der Waals surface area contributed by atoms with Gasteiger partial charge in [0.25, 0.3) is 5.91 Å². The average molecular weight is 276 g/mol. The topological polar surface area (TPSA) is 67.2 Å². The lowest BCUT2D eigenvalue weighted by atomic mass is 10.2. The van der Waals surface area contributed by atoms with Crippen molar-refractivity contribution in [2.75, 3.05) is 13.1 Å². The highest BCUT2D eigenvalue weighted by Gasteiger charge is 2.21.